The highest BCUT2D eigenvalue weighted by Gasteiger charge is 2.19. The maximum Gasteiger partial charge on any atom is 0.135 e. The molecule has 0 fully saturated rings. The lowest BCUT2D eigenvalue weighted by Gasteiger charge is -2.28. The van der Waals surface area contributed by atoms with Gasteiger partial charge < -0.3 is 0 Å². The van der Waals surface area contributed by atoms with E-state index < -0.39 is 11.6 Å². The van der Waals surface area contributed by atoms with Crippen molar-refractivity contribution in [3.05, 3.63) is 77.0 Å². The fraction of sp³-hybridized carbons (Fsp3) is 0.318. The van der Waals surface area contributed by atoms with Crippen LogP contribution in [0.1, 0.15) is 42.4 Å². The second-order valence-corrected chi connectivity index (χ2v) is 7.49. The van der Waals surface area contributed by atoms with Crippen LogP contribution in [-0.4, -0.2) is 26.4 Å². The molecule has 144 valence electrons. The lowest BCUT2D eigenvalue weighted by molar-refractivity contribution is 0.242. The van der Waals surface area contributed by atoms with Gasteiger partial charge in [0.1, 0.15) is 17.5 Å². The number of hydrogen-bond donors (Lipinski definition) is 0. The normalized spacial score (nSPS) is 14.3. The quantitative estimate of drug-likeness (QED) is 0.668. The Morgan fingerprint density at radius 3 is 2.64 bits per heavy atom. The van der Waals surface area contributed by atoms with Gasteiger partial charge in [-0.05, 0) is 23.8 Å². The van der Waals surface area contributed by atoms with Gasteiger partial charge in [0, 0.05) is 67.3 Å². The summed E-state index contributed by atoms with van der Waals surface area (Å²) in [5.74, 6) is 0.0419. The second kappa shape index (κ2) is 7.72. The van der Waals surface area contributed by atoms with Crippen molar-refractivity contribution in [2.45, 2.75) is 39.3 Å². The Morgan fingerprint density at radius 2 is 1.93 bits per heavy atom. The van der Waals surface area contributed by atoms with Crippen molar-refractivity contribution < 1.29 is 8.78 Å². The van der Waals surface area contributed by atoms with Crippen LogP contribution in [0.3, 0.4) is 0 Å². The molecule has 0 N–H and O–H groups in total. The summed E-state index contributed by atoms with van der Waals surface area (Å²) in [4.78, 5) is 15.9. The Bertz CT molecular complexity index is 986. The van der Waals surface area contributed by atoms with Crippen LogP contribution in [0.4, 0.5) is 8.78 Å². The zero-order valence-corrected chi connectivity index (χ0v) is 16.0. The van der Waals surface area contributed by atoms with E-state index in [-0.39, 0.29) is 0 Å². The first-order valence-corrected chi connectivity index (χ1v) is 9.47. The van der Waals surface area contributed by atoms with Crippen molar-refractivity contribution in [1.29, 1.82) is 0 Å². The Labute approximate surface area is 163 Å². The van der Waals surface area contributed by atoms with Gasteiger partial charge in [0.25, 0.3) is 0 Å². The zero-order chi connectivity index (χ0) is 19.7. The zero-order valence-electron chi connectivity index (χ0n) is 16.0. The number of pyridine rings is 1. The van der Waals surface area contributed by atoms with Crippen LogP contribution >= 0.6 is 0 Å². The lowest BCUT2D eigenvalue weighted by Crippen LogP contribution is -2.31. The number of halogens is 2. The molecule has 4 rings (SSSR count). The van der Waals surface area contributed by atoms with E-state index in [1.165, 1.54) is 17.7 Å². The van der Waals surface area contributed by atoms with Crippen LogP contribution in [0, 0.1) is 11.6 Å². The minimum Gasteiger partial charge on any atom is -0.294 e. The monoisotopic (exact) mass is 380 g/mol. The minimum atomic E-state index is -0.603. The van der Waals surface area contributed by atoms with Crippen LogP contribution in [0.2, 0.25) is 0 Å². The summed E-state index contributed by atoms with van der Waals surface area (Å²) in [5, 5.41) is 0. The topological polar surface area (TPSA) is 41.9 Å². The number of benzene rings is 1. The van der Waals surface area contributed by atoms with Crippen molar-refractivity contribution >= 4 is 0 Å². The molecular formula is C22H22F2N4. The van der Waals surface area contributed by atoms with Crippen LogP contribution in [0.25, 0.3) is 11.3 Å². The van der Waals surface area contributed by atoms with Crippen molar-refractivity contribution in [2.75, 3.05) is 6.54 Å². The van der Waals surface area contributed by atoms with Crippen molar-refractivity contribution in [3.63, 3.8) is 0 Å². The van der Waals surface area contributed by atoms with E-state index in [1.54, 1.807) is 12.3 Å². The SMILES string of the molecule is CC(C)c1ncc2c(n1)CCN(Cc1ccc(-c3ccc(F)cc3F)nc1)C2. The molecule has 0 saturated heterocycles. The highest BCUT2D eigenvalue weighted by Crippen LogP contribution is 2.23. The average molecular weight is 380 g/mol. The van der Waals surface area contributed by atoms with Gasteiger partial charge in [-0.3, -0.25) is 9.88 Å². The number of aromatic nitrogens is 3. The molecule has 0 spiro atoms. The van der Waals surface area contributed by atoms with E-state index in [4.69, 9.17) is 4.98 Å². The number of hydrogen-bond acceptors (Lipinski definition) is 4. The predicted octanol–water partition coefficient (Wildman–Crippen LogP) is 4.50. The third kappa shape index (κ3) is 3.92. The maximum absolute atomic E-state index is 13.9. The Kier molecular flexibility index (Phi) is 5.13. The van der Waals surface area contributed by atoms with Crippen molar-refractivity contribution in [3.8, 4) is 11.3 Å². The molecule has 0 atom stereocenters. The molecule has 0 amide bonds. The van der Waals surface area contributed by atoms with E-state index in [0.717, 1.165) is 49.2 Å². The molecule has 0 radical (unpaired) electrons. The molecule has 1 aliphatic heterocycles. The summed E-state index contributed by atoms with van der Waals surface area (Å²) < 4.78 is 27.0. The molecule has 1 aliphatic rings. The lowest BCUT2D eigenvalue weighted by atomic mass is 10.1. The summed E-state index contributed by atoms with van der Waals surface area (Å²) in [5.41, 5.74) is 4.18. The van der Waals surface area contributed by atoms with Crippen LogP contribution in [0.5, 0.6) is 0 Å². The fourth-order valence-corrected chi connectivity index (χ4v) is 3.44. The molecule has 3 heterocycles. The third-order valence-electron chi connectivity index (χ3n) is 4.99. The van der Waals surface area contributed by atoms with Crippen LogP contribution in [0.15, 0.2) is 42.7 Å². The van der Waals surface area contributed by atoms with Gasteiger partial charge in [0.05, 0.1) is 5.69 Å². The molecule has 0 unspecified atom stereocenters. The average Bonchev–Trinajstić information content (AvgIpc) is 2.68. The van der Waals surface area contributed by atoms with E-state index in [2.05, 4.69) is 28.7 Å². The van der Waals surface area contributed by atoms with Gasteiger partial charge in [0.2, 0.25) is 0 Å². The minimum absolute atomic E-state index is 0.304. The van der Waals surface area contributed by atoms with Crippen molar-refractivity contribution in [1.82, 2.24) is 19.9 Å². The van der Waals surface area contributed by atoms with Crippen LogP contribution < -0.4 is 0 Å². The Morgan fingerprint density at radius 1 is 1.07 bits per heavy atom. The smallest absolute Gasteiger partial charge is 0.135 e. The highest BCUT2D eigenvalue weighted by atomic mass is 19.1. The summed E-state index contributed by atoms with van der Waals surface area (Å²) in [6, 6.07) is 7.26. The first-order valence-electron chi connectivity index (χ1n) is 9.47. The summed E-state index contributed by atoms with van der Waals surface area (Å²) in [6.07, 6.45) is 4.61. The van der Waals surface area contributed by atoms with Gasteiger partial charge in [-0.15, -0.1) is 0 Å². The third-order valence-corrected chi connectivity index (χ3v) is 4.99. The number of rotatable bonds is 4. The van der Waals surface area contributed by atoms with Crippen molar-refractivity contribution in [2.24, 2.45) is 0 Å². The molecule has 0 bridgehead atoms. The number of nitrogens with zero attached hydrogens (tertiary/aromatic N) is 4. The first kappa shape index (κ1) is 18.6. The van der Waals surface area contributed by atoms with Gasteiger partial charge in [-0.25, -0.2) is 18.7 Å². The standard InChI is InChI=1S/C22H22F2N4/c1-14(2)22-26-11-16-13-28(8-7-20(16)27-22)12-15-3-6-21(25-10-15)18-5-4-17(23)9-19(18)24/h3-6,9-11,14H,7-8,12-13H2,1-2H3. The van der Waals surface area contributed by atoms with Gasteiger partial charge in [-0.2, -0.15) is 0 Å². The molecule has 1 aromatic carbocycles. The second-order valence-electron chi connectivity index (χ2n) is 7.49. The maximum atomic E-state index is 13.9. The Hall–Kier alpha value is -2.73. The Balaban J connectivity index is 1.45. The van der Waals surface area contributed by atoms with Gasteiger partial charge in [0.15, 0.2) is 0 Å². The van der Waals surface area contributed by atoms with E-state index in [1.807, 2.05) is 12.3 Å². The molecule has 28 heavy (non-hydrogen) atoms. The molecule has 6 heteroatoms. The van der Waals surface area contributed by atoms with E-state index in [9.17, 15) is 8.78 Å². The highest BCUT2D eigenvalue weighted by molar-refractivity contribution is 5.59. The molecule has 2 aromatic heterocycles. The molecule has 0 aliphatic carbocycles. The number of fused-ring (bicyclic) bond motifs is 1. The van der Waals surface area contributed by atoms with Gasteiger partial charge in [-0.1, -0.05) is 19.9 Å². The summed E-state index contributed by atoms with van der Waals surface area (Å²) in [7, 11) is 0. The van der Waals surface area contributed by atoms with Gasteiger partial charge >= 0.3 is 0 Å². The molecular weight excluding hydrogens is 358 g/mol. The summed E-state index contributed by atoms with van der Waals surface area (Å²) >= 11 is 0. The first-order chi connectivity index (χ1) is 13.5. The fourth-order valence-electron chi connectivity index (χ4n) is 3.44. The molecule has 3 aromatic rings. The molecule has 4 nitrogen and oxygen atoms in total. The predicted molar refractivity (Wildman–Crippen MR) is 104 cm³/mol. The summed E-state index contributed by atoms with van der Waals surface area (Å²) in [6.45, 7) is 6.69. The largest absolute Gasteiger partial charge is 0.294 e. The van der Waals surface area contributed by atoms with E-state index >= 15 is 0 Å². The van der Waals surface area contributed by atoms with E-state index in [0.29, 0.717) is 17.2 Å². The molecule has 0 saturated carbocycles. The van der Waals surface area contributed by atoms with Crippen LogP contribution in [-0.2, 0) is 19.5 Å².